The zero-order chi connectivity index (χ0) is 22.1. The van der Waals surface area contributed by atoms with Crippen molar-refractivity contribution in [1.82, 2.24) is 4.72 Å². The Kier molecular flexibility index (Phi) is 8.27. The van der Waals surface area contributed by atoms with Crippen LogP contribution in [0.25, 0.3) is 0 Å². The molecular formula is C19H24N4O6S. The first kappa shape index (κ1) is 23.3. The molecule has 2 aromatic rings. The number of sulfonamides is 1. The van der Waals surface area contributed by atoms with Gasteiger partial charge < -0.3 is 15.4 Å². The Balaban J connectivity index is 1.88. The topological polar surface area (TPSA) is 140 Å². The van der Waals surface area contributed by atoms with Gasteiger partial charge in [0, 0.05) is 37.9 Å². The number of hydrogen-bond acceptors (Lipinski definition) is 7. The van der Waals surface area contributed by atoms with Crippen LogP contribution in [0, 0.1) is 10.1 Å². The molecule has 0 saturated heterocycles. The zero-order valence-corrected chi connectivity index (χ0v) is 17.4. The molecule has 0 saturated carbocycles. The van der Waals surface area contributed by atoms with E-state index in [1.165, 1.54) is 37.4 Å². The van der Waals surface area contributed by atoms with Gasteiger partial charge in [-0.3, -0.25) is 14.9 Å². The number of hydrogen-bond donors (Lipinski definition) is 3. The summed E-state index contributed by atoms with van der Waals surface area (Å²) in [6.07, 6.45) is 0.0716. The standard InChI is InChI=1S/C19H24N4O6S/c1-14(13-29-2)22-30(27,28)16-9-7-15(8-10-16)21-19(24)11-12-20-17-5-3-4-6-18(17)23(25)26/h3-10,14,20,22H,11-13H2,1-2H3,(H,21,24). The third kappa shape index (κ3) is 6.79. The lowest BCUT2D eigenvalue weighted by Crippen LogP contribution is -2.35. The first-order valence-corrected chi connectivity index (χ1v) is 10.6. The van der Waals surface area contributed by atoms with Crippen molar-refractivity contribution in [3.63, 3.8) is 0 Å². The van der Waals surface area contributed by atoms with Crippen molar-refractivity contribution in [1.29, 1.82) is 0 Å². The molecule has 0 spiro atoms. The van der Waals surface area contributed by atoms with Gasteiger partial charge in [0.2, 0.25) is 15.9 Å². The van der Waals surface area contributed by atoms with Crippen molar-refractivity contribution in [3.8, 4) is 0 Å². The average Bonchev–Trinajstić information content (AvgIpc) is 2.68. The first-order valence-electron chi connectivity index (χ1n) is 9.11. The second-order valence-electron chi connectivity index (χ2n) is 6.50. The van der Waals surface area contributed by atoms with Gasteiger partial charge >= 0.3 is 0 Å². The number of methoxy groups -OCH3 is 1. The molecule has 0 aliphatic carbocycles. The summed E-state index contributed by atoms with van der Waals surface area (Å²) in [7, 11) is -2.21. The lowest BCUT2D eigenvalue weighted by atomic mass is 10.2. The molecular weight excluding hydrogens is 412 g/mol. The quantitative estimate of drug-likeness (QED) is 0.363. The molecule has 0 aliphatic heterocycles. The molecule has 0 radical (unpaired) electrons. The van der Waals surface area contributed by atoms with E-state index < -0.39 is 14.9 Å². The number of carbonyl (C=O) groups excluding carboxylic acids is 1. The molecule has 1 unspecified atom stereocenters. The monoisotopic (exact) mass is 436 g/mol. The number of rotatable bonds is 11. The van der Waals surface area contributed by atoms with Gasteiger partial charge in [0.1, 0.15) is 5.69 Å². The van der Waals surface area contributed by atoms with Crippen LogP contribution in [0.5, 0.6) is 0 Å². The predicted molar refractivity (Wildman–Crippen MR) is 113 cm³/mol. The fourth-order valence-corrected chi connectivity index (χ4v) is 3.88. The number of carbonyl (C=O) groups is 1. The van der Waals surface area contributed by atoms with Crippen molar-refractivity contribution < 1.29 is 22.9 Å². The van der Waals surface area contributed by atoms with Gasteiger partial charge in [0.05, 0.1) is 16.4 Å². The normalized spacial score (nSPS) is 12.2. The van der Waals surface area contributed by atoms with Gasteiger partial charge in [0.15, 0.2) is 0 Å². The minimum absolute atomic E-state index is 0.0665. The van der Waals surface area contributed by atoms with E-state index in [4.69, 9.17) is 4.74 Å². The van der Waals surface area contributed by atoms with Crippen molar-refractivity contribution in [2.24, 2.45) is 0 Å². The fraction of sp³-hybridized carbons (Fsp3) is 0.316. The lowest BCUT2D eigenvalue weighted by molar-refractivity contribution is -0.384. The minimum atomic E-state index is -3.69. The number of ether oxygens (including phenoxy) is 1. The summed E-state index contributed by atoms with van der Waals surface area (Å²) >= 11 is 0. The van der Waals surface area contributed by atoms with Gasteiger partial charge in [-0.05, 0) is 37.3 Å². The Morgan fingerprint density at radius 3 is 2.47 bits per heavy atom. The Morgan fingerprint density at radius 2 is 1.83 bits per heavy atom. The maximum absolute atomic E-state index is 12.3. The average molecular weight is 436 g/mol. The zero-order valence-electron chi connectivity index (χ0n) is 16.6. The third-order valence-corrected chi connectivity index (χ3v) is 5.60. The molecule has 2 aromatic carbocycles. The molecule has 0 fully saturated rings. The van der Waals surface area contributed by atoms with Gasteiger partial charge in [-0.25, -0.2) is 13.1 Å². The molecule has 0 aromatic heterocycles. The Bertz CT molecular complexity index is 979. The first-order chi connectivity index (χ1) is 14.2. The molecule has 10 nitrogen and oxygen atoms in total. The minimum Gasteiger partial charge on any atom is -0.383 e. The van der Waals surface area contributed by atoms with E-state index in [9.17, 15) is 23.3 Å². The van der Waals surface area contributed by atoms with Crippen LogP contribution in [0.3, 0.4) is 0 Å². The van der Waals surface area contributed by atoms with E-state index in [0.717, 1.165) is 0 Å². The number of nitrogens with one attached hydrogen (secondary N) is 3. The summed E-state index contributed by atoms with van der Waals surface area (Å²) in [5.41, 5.74) is 0.706. The summed E-state index contributed by atoms with van der Waals surface area (Å²) in [6.45, 7) is 2.13. The van der Waals surface area contributed by atoms with E-state index in [-0.39, 0.29) is 42.1 Å². The maximum Gasteiger partial charge on any atom is 0.292 e. The van der Waals surface area contributed by atoms with Crippen molar-refractivity contribution >= 4 is 33.0 Å². The fourth-order valence-electron chi connectivity index (χ4n) is 2.65. The second-order valence-corrected chi connectivity index (χ2v) is 8.22. The number of nitro benzene ring substituents is 1. The van der Waals surface area contributed by atoms with Crippen LogP contribution in [0.1, 0.15) is 13.3 Å². The third-order valence-electron chi connectivity index (χ3n) is 3.99. The number of benzene rings is 2. The van der Waals surface area contributed by atoms with Gasteiger partial charge in [-0.1, -0.05) is 12.1 Å². The van der Waals surface area contributed by atoms with Crippen molar-refractivity contribution in [2.75, 3.05) is 30.9 Å². The van der Waals surface area contributed by atoms with E-state index in [0.29, 0.717) is 11.4 Å². The largest absolute Gasteiger partial charge is 0.383 e. The van der Waals surface area contributed by atoms with Gasteiger partial charge in [-0.15, -0.1) is 0 Å². The van der Waals surface area contributed by atoms with Crippen LogP contribution >= 0.6 is 0 Å². The summed E-state index contributed by atoms with van der Waals surface area (Å²) in [5.74, 6) is -0.316. The van der Waals surface area contributed by atoms with E-state index in [1.54, 1.807) is 25.1 Å². The molecule has 2 rings (SSSR count). The van der Waals surface area contributed by atoms with Gasteiger partial charge in [-0.2, -0.15) is 0 Å². The molecule has 0 aliphatic rings. The molecule has 1 atom stereocenters. The second kappa shape index (κ2) is 10.7. The Morgan fingerprint density at radius 1 is 1.17 bits per heavy atom. The molecule has 11 heteroatoms. The number of anilines is 2. The van der Waals surface area contributed by atoms with E-state index in [1.807, 2.05) is 0 Å². The van der Waals surface area contributed by atoms with E-state index >= 15 is 0 Å². The highest BCUT2D eigenvalue weighted by molar-refractivity contribution is 7.89. The lowest BCUT2D eigenvalue weighted by Gasteiger charge is -2.13. The number of amides is 1. The Hall–Kier alpha value is -3.02. The molecule has 0 bridgehead atoms. The summed E-state index contributed by atoms with van der Waals surface area (Å²) in [6, 6.07) is 11.5. The number of para-hydroxylation sites is 2. The molecule has 3 N–H and O–H groups in total. The smallest absolute Gasteiger partial charge is 0.292 e. The predicted octanol–water partition coefficient (Wildman–Crippen LogP) is 2.35. The van der Waals surface area contributed by atoms with Crippen molar-refractivity contribution in [3.05, 3.63) is 58.6 Å². The summed E-state index contributed by atoms with van der Waals surface area (Å²) in [4.78, 5) is 22.6. The highest BCUT2D eigenvalue weighted by Gasteiger charge is 2.17. The number of nitro groups is 1. The maximum atomic E-state index is 12.3. The molecule has 0 heterocycles. The Labute approximate surface area is 174 Å². The summed E-state index contributed by atoms with van der Waals surface area (Å²) < 4.78 is 32.0. The van der Waals surface area contributed by atoms with E-state index in [2.05, 4.69) is 15.4 Å². The number of nitrogens with zero attached hydrogens (tertiary/aromatic N) is 1. The van der Waals surface area contributed by atoms with Crippen LogP contribution in [0.15, 0.2) is 53.4 Å². The molecule has 162 valence electrons. The van der Waals surface area contributed by atoms with Crippen LogP contribution in [0.4, 0.5) is 17.1 Å². The highest BCUT2D eigenvalue weighted by Crippen LogP contribution is 2.23. The van der Waals surface area contributed by atoms with Crippen LogP contribution in [-0.4, -0.2) is 45.6 Å². The molecule has 1 amide bonds. The molecule has 30 heavy (non-hydrogen) atoms. The van der Waals surface area contributed by atoms with Crippen molar-refractivity contribution in [2.45, 2.75) is 24.3 Å². The van der Waals surface area contributed by atoms with Crippen LogP contribution < -0.4 is 15.4 Å². The van der Waals surface area contributed by atoms with Gasteiger partial charge in [0.25, 0.3) is 5.69 Å². The van der Waals surface area contributed by atoms with Crippen LogP contribution in [-0.2, 0) is 19.6 Å². The van der Waals surface area contributed by atoms with Crippen LogP contribution in [0.2, 0.25) is 0 Å². The summed E-state index contributed by atoms with van der Waals surface area (Å²) in [5, 5.41) is 16.5. The highest BCUT2D eigenvalue weighted by atomic mass is 32.2. The SMILES string of the molecule is COCC(C)NS(=O)(=O)c1ccc(NC(=O)CCNc2ccccc2[N+](=O)[O-])cc1.